The van der Waals surface area contributed by atoms with Gasteiger partial charge >= 0.3 is 0 Å². The second-order valence-corrected chi connectivity index (χ2v) is 4.19. The number of carbonyl (C=O) groups excluding carboxylic acids is 1. The number of likely N-dealkylation sites (N-methyl/N-ethyl adjacent to an activating group) is 1. The molecule has 1 aromatic rings. The van der Waals surface area contributed by atoms with Gasteiger partial charge in [-0.1, -0.05) is 25.5 Å². The van der Waals surface area contributed by atoms with Gasteiger partial charge in [0.2, 0.25) is 5.91 Å². The molecule has 0 aliphatic carbocycles. The van der Waals surface area contributed by atoms with Gasteiger partial charge in [0.25, 0.3) is 0 Å². The predicted octanol–water partition coefficient (Wildman–Crippen LogP) is 2.50. The van der Waals surface area contributed by atoms with Gasteiger partial charge in [-0.05, 0) is 24.1 Å². The molecule has 0 aliphatic heterocycles. The van der Waals surface area contributed by atoms with Crippen molar-refractivity contribution >= 4 is 5.91 Å². The van der Waals surface area contributed by atoms with Gasteiger partial charge in [-0.25, -0.2) is 0 Å². The van der Waals surface area contributed by atoms with E-state index in [9.17, 15) is 4.79 Å². The Balaban J connectivity index is 2.49. The number of hydrogen-bond donors (Lipinski definition) is 0. The highest BCUT2D eigenvalue weighted by Crippen LogP contribution is 2.12. The van der Waals surface area contributed by atoms with Crippen LogP contribution in [0.15, 0.2) is 24.3 Å². The normalized spacial score (nSPS) is 10.1. The van der Waals surface area contributed by atoms with Gasteiger partial charge in [-0.2, -0.15) is 0 Å². The lowest BCUT2D eigenvalue weighted by atomic mass is 10.1. The monoisotopic (exact) mass is 235 g/mol. The van der Waals surface area contributed by atoms with Crippen LogP contribution in [-0.2, 0) is 11.2 Å². The summed E-state index contributed by atoms with van der Waals surface area (Å²) in [4.78, 5) is 13.7. The average molecular weight is 235 g/mol. The second-order valence-electron chi connectivity index (χ2n) is 4.19. The van der Waals surface area contributed by atoms with Crippen molar-refractivity contribution in [3.8, 4) is 5.75 Å². The van der Waals surface area contributed by atoms with Crippen LogP contribution in [0.4, 0.5) is 0 Å². The van der Waals surface area contributed by atoms with Crippen LogP contribution in [0, 0.1) is 0 Å². The third-order valence-electron chi connectivity index (χ3n) is 2.79. The smallest absolute Gasteiger partial charge is 0.226 e. The van der Waals surface area contributed by atoms with Crippen molar-refractivity contribution in [2.24, 2.45) is 0 Å². The lowest BCUT2D eigenvalue weighted by Gasteiger charge is -2.16. The largest absolute Gasteiger partial charge is 0.497 e. The maximum Gasteiger partial charge on any atom is 0.226 e. The molecular weight excluding hydrogens is 214 g/mol. The summed E-state index contributed by atoms with van der Waals surface area (Å²) in [6.45, 7) is 2.97. The molecule has 0 spiro atoms. The van der Waals surface area contributed by atoms with Crippen LogP contribution in [0.3, 0.4) is 0 Å². The summed E-state index contributed by atoms with van der Waals surface area (Å²) < 4.78 is 5.08. The van der Waals surface area contributed by atoms with E-state index in [2.05, 4.69) is 6.92 Å². The van der Waals surface area contributed by atoms with Crippen molar-refractivity contribution in [3.05, 3.63) is 29.8 Å². The Labute approximate surface area is 103 Å². The van der Waals surface area contributed by atoms with Gasteiger partial charge < -0.3 is 9.64 Å². The zero-order chi connectivity index (χ0) is 12.7. The third-order valence-corrected chi connectivity index (χ3v) is 2.79. The van der Waals surface area contributed by atoms with Crippen LogP contribution < -0.4 is 4.74 Å². The molecule has 0 aromatic heterocycles. The Morgan fingerprint density at radius 1 is 1.29 bits per heavy atom. The van der Waals surface area contributed by atoms with Crippen molar-refractivity contribution in [2.75, 3.05) is 20.7 Å². The Kier molecular flexibility index (Phi) is 5.53. The molecule has 3 nitrogen and oxygen atoms in total. The molecule has 0 unspecified atom stereocenters. The molecule has 3 heteroatoms. The van der Waals surface area contributed by atoms with Crippen LogP contribution in [0.5, 0.6) is 5.75 Å². The molecule has 1 aromatic carbocycles. The molecule has 0 bridgehead atoms. The molecule has 0 heterocycles. The number of carbonyl (C=O) groups is 1. The average Bonchev–Trinajstić information content (AvgIpc) is 2.36. The van der Waals surface area contributed by atoms with E-state index < -0.39 is 0 Å². The van der Waals surface area contributed by atoms with Crippen molar-refractivity contribution in [1.29, 1.82) is 0 Å². The van der Waals surface area contributed by atoms with E-state index in [1.807, 2.05) is 31.3 Å². The molecule has 0 saturated heterocycles. The minimum absolute atomic E-state index is 0.170. The van der Waals surface area contributed by atoms with Crippen molar-refractivity contribution < 1.29 is 9.53 Å². The number of unbranched alkanes of at least 4 members (excludes halogenated alkanes) is 1. The molecule has 1 amide bonds. The number of rotatable bonds is 6. The molecule has 0 aliphatic rings. The van der Waals surface area contributed by atoms with Gasteiger partial charge in [0, 0.05) is 13.6 Å². The van der Waals surface area contributed by atoms with Gasteiger partial charge in [0.15, 0.2) is 0 Å². The van der Waals surface area contributed by atoms with Crippen LogP contribution in [0.2, 0.25) is 0 Å². The van der Waals surface area contributed by atoms with E-state index in [1.165, 1.54) is 0 Å². The summed E-state index contributed by atoms with van der Waals surface area (Å²) in [5, 5.41) is 0. The number of methoxy groups -OCH3 is 1. The van der Waals surface area contributed by atoms with E-state index in [0.29, 0.717) is 6.42 Å². The first kappa shape index (κ1) is 13.6. The molecule has 94 valence electrons. The molecule has 0 atom stereocenters. The van der Waals surface area contributed by atoms with Gasteiger partial charge in [-0.15, -0.1) is 0 Å². The summed E-state index contributed by atoms with van der Waals surface area (Å²) >= 11 is 0. The Morgan fingerprint density at radius 2 is 1.94 bits per heavy atom. The Bertz CT molecular complexity index is 346. The first-order valence-corrected chi connectivity index (χ1v) is 6.04. The van der Waals surface area contributed by atoms with Gasteiger partial charge in [0.05, 0.1) is 13.5 Å². The lowest BCUT2D eigenvalue weighted by molar-refractivity contribution is -0.129. The SMILES string of the molecule is CCCCN(C)C(=O)Cc1ccc(OC)cc1. The summed E-state index contributed by atoms with van der Waals surface area (Å²) in [5.74, 6) is 0.990. The van der Waals surface area contributed by atoms with Crippen molar-refractivity contribution in [1.82, 2.24) is 4.90 Å². The fourth-order valence-corrected chi connectivity index (χ4v) is 1.57. The zero-order valence-electron chi connectivity index (χ0n) is 10.9. The van der Waals surface area contributed by atoms with Crippen LogP contribution >= 0.6 is 0 Å². The molecular formula is C14H21NO2. The Hall–Kier alpha value is -1.51. The van der Waals surface area contributed by atoms with Gasteiger partial charge in [-0.3, -0.25) is 4.79 Å². The third kappa shape index (κ3) is 4.47. The topological polar surface area (TPSA) is 29.5 Å². The molecule has 0 saturated carbocycles. The summed E-state index contributed by atoms with van der Waals surface area (Å²) in [6, 6.07) is 7.64. The van der Waals surface area contributed by atoms with Gasteiger partial charge in [0.1, 0.15) is 5.75 Å². The predicted molar refractivity (Wildman–Crippen MR) is 69.2 cm³/mol. The summed E-state index contributed by atoms with van der Waals surface area (Å²) in [7, 11) is 3.50. The highest BCUT2D eigenvalue weighted by Gasteiger charge is 2.08. The summed E-state index contributed by atoms with van der Waals surface area (Å²) in [6.07, 6.45) is 2.63. The molecule has 0 radical (unpaired) electrons. The molecule has 1 rings (SSSR count). The van der Waals surface area contributed by atoms with Crippen LogP contribution in [0.25, 0.3) is 0 Å². The van der Waals surface area contributed by atoms with E-state index in [-0.39, 0.29) is 5.91 Å². The minimum atomic E-state index is 0.170. The molecule has 0 N–H and O–H groups in total. The number of nitrogens with zero attached hydrogens (tertiary/aromatic N) is 1. The van der Waals surface area contributed by atoms with Crippen LogP contribution in [0.1, 0.15) is 25.3 Å². The quantitative estimate of drug-likeness (QED) is 0.758. The van der Waals surface area contributed by atoms with E-state index >= 15 is 0 Å². The Morgan fingerprint density at radius 3 is 2.47 bits per heavy atom. The first-order chi connectivity index (χ1) is 8.17. The number of amides is 1. The van der Waals surface area contributed by atoms with Crippen molar-refractivity contribution in [2.45, 2.75) is 26.2 Å². The van der Waals surface area contributed by atoms with E-state index in [0.717, 1.165) is 30.7 Å². The minimum Gasteiger partial charge on any atom is -0.497 e. The second kappa shape index (κ2) is 6.94. The lowest BCUT2D eigenvalue weighted by Crippen LogP contribution is -2.29. The standard InChI is InChI=1S/C14H21NO2/c1-4-5-10-15(2)14(16)11-12-6-8-13(17-3)9-7-12/h6-9H,4-5,10-11H2,1-3H3. The fourth-order valence-electron chi connectivity index (χ4n) is 1.57. The molecule has 17 heavy (non-hydrogen) atoms. The fraction of sp³-hybridized carbons (Fsp3) is 0.500. The van der Waals surface area contributed by atoms with E-state index in [4.69, 9.17) is 4.74 Å². The zero-order valence-corrected chi connectivity index (χ0v) is 10.9. The number of hydrogen-bond acceptors (Lipinski definition) is 2. The highest BCUT2D eigenvalue weighted by atomic mass is 16.5. The van der Waals surface area contributed by atoms with E-state index in [1.54, 1.807) is 12.0 Å². The van der Waals surface area contributed by atoms with Crippen LogP contribution in [-0.4, -0.2) is 31.5 Å². The number of ether oxygens (including phenoxy) is 1. The maximum absolute atomic E-state index is 11.9. The molecule has 0 fully saturated rings. The van der Waals surface area contributed by atoms with Crippen molar-refractivity contribution in [3.63, 3.8) is 0 Å². The highest BCUT2D eigenvalue weighted by molar-refractivity contribution is 5.78. The maximum atomic E-state index is 11.9. The first-order valence-electron chi connectivity index (χ1n) is 6.04. The summed E-state index contributed by atoms with van der Waals surface area (Å²) in [5.41, 5.74) is 1.03. The number of benzene rings is 1.